The topological polar surface area (TPSA) is 41.6 Å². The first-order valence-electron chi connectivity index (χ1n) is 8.89. The van der Waals surface area contributed by atoms with E-state index in [-0.39, 0.29) is 18.2 Å². The Morgan fingerprint density at radius 3 is 2.17 bits per heavy atom. The van der Waals surface area contributed by atoms with E-state index >= 15 is 0 Å². The molecule has 1 unspecified atom stereocenters. The summed E-state index contributed by atoms with van der Waals surface area (Å²) in [7, 11) is 0. The molecular formula is C20H34N2O2. The smallest absolute Gasteiger partial charge is 0.410 e. The molecule has 0 heterocycles. The number of hydrogen-bond donors (Lipinski definition) is 1. The molecule has 0 bridgehead atoms. The molecule has 136 valence electrons. The molecule has 0 aliphatic heterocycles. The van der Waals surface area contributed by atoms with Crippen LogP contribution < -0.4 is 5.32 Å². The molecule has 1 atom stereocenters. The highest BCUT2D eigenvalue weighted by molar-refractivity contribution is 5.68. The largest absolute Gasteiger partial charge is 0.444 e. The Labute approximate surface area is 147 Å². The number of ether oxygens (including phenoxy) is 1. The van der Waals surface area contributed by atoms with Gasteiger partial charge in [0.05, 0.1) is 0 Å². The molecule has 0 aliphatic carbocycles. The zero-order chi connectivity index (χ0) is 18.3. The van der Waals surface area contributed by atoms with Crippen molar-refractivity contribution in [2.75, 3.05) is 13.1 Å². The van der Waals surface area contributed by atoms with Crippen molar-refractivity contribution in [1.29, 1.82) is 0 Å². The Hall–Kier alpha value is -1.55. The molecule has 1 rings (SSSR count). The van der Waals surface area contributed by atoms with Gasteiger partial charge in [0, 0.05) is 25.2 Å². The van der Waals surface area contributed by atoms with Gasteiger partial charge in [0.15, 0.2) is 0 Å². The fourth-order valence-corrected chi connectivity index (χ4v) is 2.62. The Balaban J connectivity index is 2.65. The number of carbonyl (C=O) groups is 1. The second-order valence-electron chi connectivity index (χ2n) is 7.85. The van der Waals surface area contributed by atoms with Gasteiger partial charge in [-0.15, -0.1) is 0 Å². The minimum Gasteiger partial charge on any atom is -0.444 e. The third kappa shape index (κ3) is 6.91. The Kier molecular flexibility index (Phi) is 7.74. The van der Waals surface area contributed by atoms with Crippen LogP contribution in [-0.4, -0.2) is 35.7 Å². The molecule has 0 radical (unpaired) electrons. The quantitative estimate of drug-likeness (QED) is 0.791. The maximum atomic E-state index is 12.4. The summed E-state index contributed by atoms with van der Waals surface area (Å²) in [4.78, 5) is 14.1. The molecule has 1 amide bonds. The summed E-state index contributed by atoms with van der Waals surface area (Å²) in [5.41, 5.74) is 0.808. The van der Waals surface area contributed by atoms with E-state index in [1.54, 1.807) is 4.90 Å². The minimum absolute atomic E-state index is 0.107. The third-order valence-electron chi connectivity index (χ3n) is 3.79. The second kappa shape index (κ2) is 9.07. The summed E-state index contributed by atoms with van der Waals surface area (Å²) in [6.07, 6.45) is -0.250. The van der Waals surface area contributed by atoms with E-state index in [1.807, 2.05) is 40.7 Å². The van der Waals surface area contributed by atoms with Crippen LogP contribution in [0.25, 0.3) is 0 Å². The Morgan fingerprint density at radius 1 is 1.12 bits per heavy atom. The lowest BCUT2D eigenvalue weighted by molar-refractivity contribution is 0.0191. The van der Waals surface area contributed by atoms with Crippen molar-refractivity contribution in [3.63, 3.8) is 0 Å². The van der Waals surface area contributed by atoms with Gasteiger partial charge in [0.2, 0.25) is 0 Å². The standard InChI is InChI=1S/C20H34N2O2/c1-15(2)18(17-11-9-8-10-12-17)21-13-14-22(16(3)4)19(23)24-20(5,6)7/h8-12,15-16,18,21H,13-14H2,1-7H3. The lowest BCUT2D eigenvalue weighted by Crippen LogP contribution is -2.44. The van der Waals surface area contributed by atoms with Gasteiger partial charge >= 0.3 is 6.09 Å². The molecule has 4 heteroatoms. The predicted molar refractivity (Wildman–Crippen MR) is 100 cm³/mol. The number of carbonyl (C=O) groups excluding carboxylic acids is 1. The van der Waals surface area contributed by atoms with Crippen LogP contribution in [0.2, 0.25) is 0 Å². The zero-order valence-electron chi connectivity index (χ0n) is 16.3. The molecule has 0 spiro atoms. The van der Waals surface area contributed by atoms with Crippen molar-refractivity contribution in [2.45, 2.75) is 66.2 Å². The van der Waals surface area contributed by atoms with Gasteiger partial charge in [-0.25, -0.2) is 4.79 Å². The van der Waals surface area contributed by atoms with E-state index in [0.717, 1.165) is 6.54 Å². The summed E-state index contributed by atoms with van der Waals surface area (Å²) in [6, 6.07) is 10.8. The molecule has 0 fully saturated rings. The van der Waals surface area contributed by atoms with Crippen LogP contribution in [0.15, 0.2) is 30.3 Å². The van der Waals surface area contributed by atoms with Gasteiger partial charge in [-0.05, 0) is 46.1 Å². The Morgan fingerprint density at radius 2 is 1.71 bits per heavy atom. The molecule has 24 heavy (non-hydrogen) atoms. The highest BCUT2D eigenvalue weighted by atomic mass is 16.6. The van der Waals surface area contributed by atoms with E-state index in [9.17, 15) is 4.79 Å². The van der Waals surface area contributed by atoms with Crippen LogP contribution in [0.4, 0.5) is 4.79 Å². The van der Waals surface area contributed by atoms with Crippen molar-refractivity contribution < 1.29 is 9.53 Å². The van der Waals surface area contributed by atoms with E-state index in [1.165, 1.54) is 5.56 Å². The predicted octanol–water partition coefficient (Wildman–Crippen LogP) is 4.62. The van der Waals surface area contributed by atoms with Crippen LogP contribution in [0, 0.1) is 5.92 Å². The van der Waals surface area contributed by atoms with Crippen molar-refractivity contribution in [2.24, 2.45) is 5.92 Å². The first-order chi connectivity index (χ1) is 11.1. The van der Waals surface area contributed by atoms with E-state index in [2.05, 4.69) is 43.4 Å². The number of nitrogens with zero attached hydrogens (tertiary/aromatic N) is 1. The van der Waals surface area contributed by atoms with Crippen molar-refractivity contribution in [3.8, 4) is 0 Å². The fraction of sp³-hybridized carbons (Fsp3) is 0.650. The van der Waals surface area contributed by atoms with Crippen LogP contribution >= 0.6 is 0 Å². The van der Waals surface area contributed by atoms with Gasteiger partial charge in [-0.1, -0.05) is 44.2 Å². The first-order valence-corrected chi connectivity index (χ1v) is 8.89. The molecule has 0 saturated heterocycles. The summed E-state index contributed by atoms with van der Waals surface area (Å²) in [5, 5.41) is 3.59. The van der Waals surface area contributed by atoms with Crippen LogP contribution in [0.3, 0.4) is 0 Å². The normalized spacial score (nSPS) is 13.2. The first kappa shape index (κ1) is 20.5. The average Bonchev–Trinajstić information content (AvgIpc) is 2.45. The van der Waals surface area contributed by atoms with E-state index in [4.69, 9.17) is 4.74 Å². The fourth-order valence-electron chi connectivity index (χ4n) is 2.62. The number of amides is 1. The summed E-state index contributed by atoms with van der Waals surface area (Å²) < 4.78 is 5.51. The summed E-state index contributed by atoms with van der Waals surface area (Å²) >= 11 is 0. The SMILES string of the molecule is CC(C)C(NCCN(C(=O)OC(C)(C)C)C(C)C)c1ccccc1. The highest BCUT2D eigenvalue weighted by Gasteiger charge is 2.24. The second-order valence-corrected chi connectivity index (χ2v) is 7.85. The van der Waals surface area contributed by atoms with E-state index < -0.39 is 5.60 Å². The average molecular weight is 335 g/mol. The van der Waals surface area contributed by atoms with E-state index in [0.29, 0.717) is 12.5 Å². The van der Waals surface area contributed by atoms with Crippen molar-refractivity contribution in [3.05, 3.63) is 35.9 Å². The van der Waals surface area contributed by atoms with Crippen molar-refractivity contribution in [1.82, 2.24) is 10.2 Å². The summed E-state index contributed by atoms with van der Waals surface area (Å²) in [5.74, 6) is 0.474. The van der Waals surface area contributed by atoms with Gasteiger partial charge < -0.3 is 15.0 Å². The van der Waals surface area contributed by atoms with Crippen molar-refractivity contribution >= 4 is 6.09 Å². The minimum atomic E-state index is -0.470. The summed E-state index contributed by atoms with van der Waals surface area (Å²) in [6.45, 7) is 15.5. The molecule has 0 aliphatic rings. The number of nitrogens with one attached hydrogen (secondary N) is 1. The number of hydrogen-bond acceptors (Lipinski definition) is 3. The van der Waals surface area contributed by atoms with Gasteiger partial charge in [0.1, 0.15) is 5.60 Å². The number of rotatable bonds is 7. The highest BCUT2D eigenvalue weighted by Crippen LogP contribution is 2.21. The zero-order valence-corrected chi connectivity index (χ0v) is 16.3. The number of benzene rings is 1. The van der Waals surface area contributed by atoms with Crippen LogP contribution in [0.5, 0.6) is 0 Å². The maximum Gasteiger partial charge on any atom is 0.410 e. The molecule has 0 aromatic heterocycles. The maximum absolute atomic E-state index is 12.4. The molecule has 4 nitrogen and oxygen atoms in total. The Bertz CT molecular complexity index is 492. The molecule has 1 N–H and O–H groups in total. The molecule has 0 saturated carbocycles. The van der Waals surface area contributed by atoms with Gasteiger partial charge in [-0.3, -0.25) is 0 Å². The molecule has 1 aromatic rings. The monoisotopic (exact) mass is 334 g/mol. The lowest BCUT2D eigenvalue weighted by Gasteiger charge is -2.31. The van der Waals surface area contributed by atoms with Crippen LogP contribution in [-0.2, 0) is 4.74 Å². The third-order valence-corrected chi connectivity index (χ3v) is 3.79. The van der Waals surface area contributed by atoms with Gasteiger partial charge in [-0.2, -0.15) is 0 Å². The van der Waals surface area contributed by atoms with Crippen LogP contribution in [0.1, 0.15) is 60.1 Å². The lowest BCUT2D eigenvalue weighted by atomic mass is 9.96. The molecule has 1 aromatic carbocycles. The van der Waals surface area contributed by atoms with Gasteiger partial charge in [0.25, 0.3) is 0 Å². The molecular weight excluding hydrogens is 300 g/mol.